The first-order valence-corrected chi connectivity index (χ1v) is 5.05. The first-order valence-electron chi connectivity index (χ1n) is 5.05. The van der Waals surface area contributed by atoms with E-state index in [0.717, 1.165) is 6.54 Å². The fourth-order valence-electron chi connectivity index (χ4n) is 1.22. The maximum Gasteiger partial charge on any atom is 0.276 e. The number of hydrogen-bond donors (Lipinski definition) is 3. The summed E-state index contributed by atoms with van der Waals surface area (Å²) in [5.74, 6) is 0.380. The molecular weight excluding hydrogens is 222 g/mol. The Bertz CT molecular complexity index is 496. The van der Waals surface area contributed by atoms with Crippen LogP contribution in [0.3, 0.4) is 0 Å². The first kappa shape index (κ1) is 11.0. The van der Waals surface area contributed by atoms with Crippen LogP contribution in [0.2, 0.25) is 0 Å². The monoisotopic (exact) mass is 233 g/mol. The number of rotatable bonds is 4. The number of nitrogens with one attached hydrogen (secondary N) is 3. The fourth-order valence-corrected chi connectivity index (χ4v) is 1.22. The largest absolute Gasteiger partial charge is 0.370 e. The van der Waals surface area contributed by atoms with Crippen LogP contribution in [-0.2, 0) is 0 Å². The van der Waals surface area contributed by atoms with E-state index in [1.807, 2.05) is 6.92 Å². The minimum Gasteiger partial charge on any atom is -0.370 e. The highest BCUT2D eigenvalue weighted by Gasteiger charge is 2.10. The van der Waals surface area contributed by atoms with Crippen LogP contribution < -0.4 is 10.6 Å². The van der Waals surface area contributed by atoms with Crippen molar-refractivity contribution in [2.75, 3.05) is 17.2 Å². The van der Waals surface area contributed by atoms with E-state index in [2.05, 4.69) is 36.2 Å². The quantitative estimate of drug-likeness (QED) is 0.699. The van der Waals surface area contributed by atoms with Gasteiger partial charge in [0.1, 0.15) is 11.5 Å². The van der Waals surface area contributed by atoms with Crippen LogP contribution in [-0.4, -0.2) is 38.1 Å². The molecule has 0 aliphatic heterocycles. The van der Waals surface area contributed by atoms with Crippen molar-refractivity contribution >= 4 is 17.7 Å². The van der Waals surface area contributed by atoms with E-state index in [0.29, 0.717) is 5.82 Å². The lowest BCUT2D eigenvalue weighted by Crippen LogP contribution is -2.15. The predicted molar refractivity (Wildman–Crippen MR) is 60.5 cm³/mol. The molecule has 2 rings (SSSR count). The van der Waals surface area contributed by atoms with Crippen LogP contribution >= 0.6 is 0 Å². The van der Waals surface area contributed by atoms with Gasteiger partial charge < -0.3 is 5.32 Å². The SMILES string of the molecule is CCNc1cccc(C(=O)Nc2nn[nH]n2)n1. The van der Waals surface area contributed by atoms with Gasteiger partial charge in [0.2, 0.25) is 0 Å². The molecule has 8 heteroatoms. The fraction of sp³-hybridized carbons (Fsp3) is 0.222. The molecule has 2 aromatic heterocycles. The molecule has 88 valence electrons. The van der Waals surface area contributed by atoms with Crippen molar-refractivity contribution in [1.29, 1.82) is 0 Å². The number of pyridine rings is 1. The zero-order valence-corrected chi connectivity index (χ0v) is 9.14. The van der Waals surface area contributed by atoms with Crippen molar-refractivity contribution in [3.63, 3.8) is 0 Å². The second-order valence-corrected chi connectivity index (χ2v) is 3.13. The molecular formula is C9H11N7O. The number of aromatic nitrogens is 5. The van der Waals surface area contributed by atoms with Crippen molar-refractivity contribution in [3.8, 4) is 0 Å². The Balaban J connectivity index is 2.11. The van der Waals surface area contributed by atoms with Gasteiger partial charge in [-0.2, -0.15) is 5.21 Å². The van der Waals surface area contributed by atoms with Gasteiger partial charge in [0.15, 0.2) is 0 Å². The van der Waals surface area contributed by atoms with Gasteiger partial charge in [0.05, 0.1) is 0 Å². The third-order valence-electron chi connectivity index (χ3n) is 1.91. The van der Waals surface area contributed by atoms with Gasteiger partial charge in [-0.05, 0) is 24.3 Å². The molecule has 3 N–H and O–H groups in total. The molecule has 0 radical (unpaired) electrons. The van der Waals surface area contributed by atoms with Gasteiger partial charge >= 0.3 is 0 Å². The lowest BCUT2D eigenvalue weighted by atomic mass is 10.3. The van der Waals surface area contributed by atoms with E-state index < -0.39 is 0 Å². The van der Waals surface area contributed by atoms with Gasteiger partial charge in [-0.1, -0.05) is 11.2 Å². The van der Waals surface area contributed by atoms with E-state index in [9.17, 15) is 4.79 Å². The van der Waals surface area contributed by atoms with Crippen molar-refractivity contribution in [2.45, 2.75) is 6.92 Å². The Morgan fingerprint density at radius 3 is 3.06 bits per heavy atom. The molecule has 0 aliphatic carbocycles. The third-order valence-corrected chi connectivity index (χ3v) is 1.91. The average molecular weight is 233 g/mol. The number of H-pyrrole nitrogens is 1. The number of hydrogen-bond acceptors (Lipinski definition) is 6. The molecule has 0 atom stereocenters. The van der Waals surface area contributed by atoms with Gasteiger partial charge in [-0.25, -0.2) is 4.98 Å². The number of nitrogens with zero attached hydrogens (tertiary/aromatic N) is 4. The topological polar surface area (TPSA) is 108 Å². The summed E-state index contributed by atoms with van der Waals surface area (Å²) in [6, 6.07) is 5.14. The van der Waals surface area contributed by atoms with Gasteiger partial charge in [0.25, 0.3) is 11.9 Å². The standard InChI is InChI=1S/C9H11N7O/c1-2-10-7-5-3-4-6(11-7)8(17)12-9-13-15-16-14-9/h3-5H,2H2,1H3,(H,10,11)(H2,12,13,14,15,16,17). The maximum absolute atomic E-state index is 11.7. The summed E-state index contributed by atoms with van der Waals surface area (Å²) in [5.41, 5.74) is 0.285. The summed E-state index contributed by atoms with van der Waals surface area (Å²) in [6.07, 6.45) is 0. The van der Waals surface area contributed by atoms with E-state index in [4.69, 9.17) is 0 Å². The average Bonchev–Trinajstić information content (AvgIpc) is 2.83. The third kappa shape index (κ3) is 2.74. The van der Waals surface area contributed by atoms with Crippen molar-refractivity contribution in [3.05, 3.63) is 23.9 Å². The molecule has 2 heterocycles. The van der Waals surface area contributed by atoms with Crippen LogP contribution in [0.4, 0.5) is 11.8 Å². The highest BCUT2D eigenvalue weighted by molar-refractivity contribution is 6.01. The minimum atomic E-state index is -0.383. The predicted octanol–water partition coefficient (Wildman–Crippen LogP) is 0.279. The van der Waals surface area contributed by atoms with Gasteiger partial charge in [-0.3, -0.25) is 10.1 Å². The smallest absolute Gasteiger partial charge is 0.276 e. The Hall–Kier alpha value is -2.51. The summed E-state index contributed by atoms with van der Waals surface area (Å²) in [6.45, 7) is 2.69. The Morgan fingerprint density at radius 2 is 2.35 bits per heavy atom. The van der Waals surface area contributed by atoms with Crippen LogP contribution in [0.1, 0.15) is 17.4 Å². The zero-order valence-electron chi connectivity index (χ0n) is 9.14. The number of carbonyl (C=O) groups excluding carboxylic acids is 1. The molecule has 1 amide bonds. The molecule has 0 saturated heterocycles. The van der Waals surface area contributed by atoms with Crippen molar-refractivity contribution < 1.29 is 4.79 Å². The summed E-state index contributed by atoms with van der Waals surface area (Å²) >= 11 is 0. The number of carbonyl (C=O) groups is 1. The number of amides is 1. The van der Waals surface area contributed by atoms with Crippen LogP contribution in [0.25, 0.3) is 0 Å². The van der Waals surface area contributed by atoms with Crippen LogP contribution in [0.5, 0.6) is 0 Å². The highest BCUT2D eigenvalue weighted by Crippen LogP contribution is 2.06. The number of anilines is 2. The summed E-state index contributed by atoms with van der Waals surface area (Å²) in [7, 11) is 0. The summed E-state index contributed by atoms with van der Waals surface area (Å²) < 4.78 is 0. The Labute approximate surface area is 96.8 Å². The van der Waals surface area contributed by atoms with Crippen molar-refractivity contribution in [1.82, 2.24) is 25.6 Å². The van der Waals surface area contributed by atoms with Gasteiger partial charge in [0, 0.05) is 6.54 Å². The first-order chi connectivity index (χ1) is 8.29. The van der Waals surface area contributed by atoms with Crippen LogP contribution in [0, 0.1) is 0 Å². The minimum absolute atomic E-state index is 0.116. The molecule has 0 aromatic carbocycles. The Kier molecular flexibility index (Phi) is 3.24. The van der Waals surface area contributed by atoms with Gasteiger partial charge in [-0.15, -0.1) is 5.10 Å². The Morgan fingerprint density at radius 1 is 1.47 bits per heavy atom. The number of tetrazole rings is 1. The molecule has 0 unspecified atom stereocenters. The highest BCUT2D eigenvalue weighted by atomic mass is 16.2. The molecule has 2 aromatic rings. The lowest BCUT2D eigenvalue weighted by molar-refractivity contribution is 0.102. The van der Waals surface area contributed by atoms with Crippen LogP contribution in [0.15, 0.2) is 18.2 Å². The molecule has 0 fully saturated rings. The van der Waals surface area contributed by atoms with Crippen molar-refractivity contribution in [2.24, 2.45) is 0 Å². The van der Waals surface area contributed by atoms with E-state index in [-0.39, 0.29) is 17.5 Å². The summed E-state index contributed by atoms with van der Waals surface area (Å²) in [4.78, 5) is 15.9. The zero-order chi connectivity index (χ0) is 12.1. The molecule has 8 nitrogen and oxygen atoms in total. The molecule has 0 bridgehead atoms. The molecule has 0 saturated carbocycles. The van der Waals surface area contributed by atoms with E-state index in [1.54, 1.807) is 18.2 Å². The lowest BCUT2D eigenvalue weighted by Gasteiger charge is -2.04. The maximum atomic E-state index is 11.7. The molecule has 0 spiro atoms. The second-order valence-electron chi connectivity index (χ2n) is 3.13. The molecule has 0 aliphatic rings. The molecule has 17 heavy (non-hydrogen) atoms. The van der Waals surface area contributed by atoms with E-state index in [1.165, 1.54) is 0 Å². The van der Waals surface area contributed by atoms with E-state index >= 15 is 0 Å². The second kappa shape index (κ2) is 5.01. The normalized spacial score (nSPS) is 9.94. The number of aromatic amines is 1. The summed E-state index contributed by atoms with van der Waals surface area (Å²) in [5, 5.41) is 18.3.